The Labute approximate surface area is 112 Å². The van der Waals surface area contributed by atoms with Gasteiger partial charge in [-0.25, -0.2) is 4.98 Å². The molecular weight excluding hydrogens is 242 g/mol. The van der Waals surface area contributed by atoms with Crippen LogP contribution >= 0.6 is 0 Å². The number of hydrogen-bond acceptors (Lipinski definition) is 4. The Bertz CT molecular complexity index is 618. The van der Waals surface area contributed by atoms with E-state index in [1.807, 2.05) is 40.8 Å². The van der Waals surface area contributed by atoms with Crippen LogP contribution in [-0.2, 0) is 13.7 Å². The van der Waals surface area contributed by atoms with Gasteiger partial charge in [0.25, 0.3) is 0 Å². The van der Waals surface area contributed by atoms with Crippen molar-refractivity contribution in [2.24, 2.45) is 7.05 Å². The van der Waals surface area contributed by atoms with E-state index in [9.17, 15) is 5.11 Å². The first-order valence-electron chi connectivity index (χ1n) is 6.20. The lowest BCUT2D eigenvalue weighted by molar-refractivity contribution is 0.273. The van der Waals surface area contributed by atoms with Crippen LogP contribution < -0.4 is 4.74 Å². The standard InChI is InChI=1S/C14H19N3O2/c1-8-6-9(2)15-14(12(8)7-18)19-13-10(3)16-17(5)11(13)4/h6,18H,7H2,1-5H3. The van der Waals surface area contributed by atoms with Gasteiger partial charge in [-0.2, -0.15) is 5.10 Å². The molecule has 2 aromatic heterocycles. The fraction of sp³-hybridized carbons (Fsp3) is 0.429. The number of rotatable bonds is 3. The van der Waals surface area contributed by atoms with Crippen LogP contribution in [0.2, 0.25) is 0 Å². The lowest BCUT2D eigenvalue weighted by atomic mass is 10.1. The van der Waals surface area contributed by atoms with E-state index in [0.717, 1.165) is 22.6 Å². The van der Waals surface area contributed by atoms with E-state index >= 15 is 0 Å². The fourth-order valence-electron chi connectivity index (χ4n) is 2.10. The quantitative estimate of drug-likeness (QED) is 0.921. The van der Waals surface area contributed by atoms with E-state index in [-0.39, 0.29) is 6.61 Å². The van der Waals surface area contributed by atoms with Crippen LogP contribution in [-0.4, -0.2) is 19.9 Å². The average molecular weight is 261 g/mol. The molecule has 0 saturated heterocycles. The van der Waals surface area contributed by atoms with Crippen LogP contribution in [0.3, 0.4) is 0 Å². The summed E-state index contributed by atoms with van der Waals surface area (Å²) in [7, 11) is 1.87. The Hall–Kier alpha value is -1.88. The molecule has 2 rings (SSSR count). The highest BCUT2D eigenvalue weighted by molar-refractivity contribution is 5.41. The van der Waals surface area contributed by atoms with Gasteiger partial charge in [0.05, 0.1) is 12.3 Å². The van der Waals surface area contributed by atoms with Gasteiger partial charge in [0, 0.05) is 18.3 Å². The second kappa shape index (κ2) is 5.01. The van der Waals surface area contributed by atoms with Gasteiger partial charge < -0.3 is 9.84 Å². The third-order valence-electron chi connectivity index (χ3n) is 3.24. The Morgan fingerprint density at radius 1 is 1.26 bits per heavy atom. The summed E-state index contributed by atoms with van der Waals surface area (Å²) in [6.45, 7) is 7.59. The summed E-state index contributed by atoms with van der Waals surface area (Å²) in [5, 5.41) is 13.8. The summed E-state index contributed by atoms with van der Waals surface area (Å²) in [4.78, 5) is 4.37. The monoisotopic (exact) mass is 261 g/mol. The van der Waals surface area contributed by atoms with Crippen molar-refractivity contribution in [2.45, 2.75) is 34.3 Å². The summed E-state index contributed by atoms with van der Waals surface area (Å²) in [5.41, 5.74) is 4.30. The van der Waals surface area contributed by atoms with Crippen molar-refractivity contribution in [3.8, 4) is 11.6 Å². The number of aliphatic hydroxyl groups excluding tert-OH is 1. The van der Waals surface area contributed by atoms with Crippen molar-refractivity contribution >= 4 is 0 Å². The number of hydrogen-bond donors (Lipinski definition) is 1. The Kier molecular flexibility index (Phi) is 3.57. The molecule has 102 valence electrons. The van der Waals surface area contributed by atoms with Crippen LogP contribution in [0.25, 0.3) is 0 Å². The molecule has 0 aliphatic carbocycles. The molecule has 1 N–H and O–H groups in total. The first-order valence-corrected chi connectivity index (χ1v) is 6.20. The SMILES string of the molecule is Cc1cc(C)c(CO)c(Oc2c(C)nn(C)c2C)n1. The highest BCUT2D eigenvalue weighted by atomic mass is 16.5. The van der Waals surface area contributed by atoms with Crippen molar-refractivity contribution in [1.82, 2.24) is 14.8 Å². The Morgan fingerprint density at radius 3 is 2.47 bits per heavy atom. The van der Waals surface area contributed by atoms with E-state index in [2.05, 4.69) is 10.1 Å². The van der Waals surface area contributed by atoms with Crippen LogP contribution in [0.4, 0.5) is 0 Å². The molecule has 5 heteroatoms. The fourth-order valence-corrected chi connectivity index (χ4v) is 2.10. The predicted octanol–water partition coefficient (Wildman–Crippen LogP) is 2.33. The molecule has 0 saturated carbocycles. The second-order valence-corrected chi connectivity index (χ2v) is 4.75. The number of ether oxygens (including phenoxy) is 1. The van der Waals surface area contributed by atoms with E-state index in [1.54, 1.807) is 4.68 Å². The zero-order valence-corrected chi connectivity index (χ0v) is 12.0. The first kappa shape index (κ1) is 13.5. The van der Waals surface area contributed by atoms with Crippen molar-refractivity contribution in [3.63, 3.8) is 0 Å². The molecule has 0 aliphatic rings. The zero-order valence-electron chi connectivity index (χ0n) is 12.0. The van der Waals surface area contributed by atoms with Gasteiger partial charge in [0.1, 0.15) is 5.69 Å². The molecule has 2 aromatic rings. The maximum atomic E-state index is 9.47. The average Bonchev–Trinajstić information content (AvgIpc) is 2.55. The normalized spacial score (nSPS) is 10.8. The van der Waals surface area contributed by atoms with Gasteiger partial charge in [0.15, 0.2) is 5.75 Å². The predicted molar refractivity (Wildman–Crippen MR) is 72.4 cm³/mol. The topological polar surface area (TPSA) is 60.2 Å². The summed E-state index contributed by atoms with van der Waals surface area (Å²) >= 11 is 0. The molecule has 2 heterocycles. The van der Waals surface area contributed by atoms with Crippen LogP contribution in [0.15, 0.2) is 6.07 Å². The minimum absolute atomic E-state index is 0.0905. The maximum Gasteiger partial charge on any atom is 0.225 e. The smallest absolute Gasteiger partial charge is 0.225 e. The van der Waals surface area contributed by atoms with Crippen molar-refractivity contribution in [3.05, 3.63) is 34.3 Å². The lowest BCUT2D eigenvalue weighted by Gasteiger charge is -2.12. The lowest BCUT2D eigenvalue weighted by Crippen LogP contribution is -2.01. The molecule has 0 radical (unpaired) electrons. The third kappa shape index (κ3) is 2.46. The molecular formula is C14H19N3O2. The summed E-state index contributed by atoms with van der Waals surface area (Å²) in [6.07, 6.45) is 0. The van der Waals surface area contributed by atoms with Crippen molar-refractivity contribution in [1.29, 1.82) is 0 Å². The number of pyridine rings is 1. The van der Waals surface area contributed by atoms with Crippen molar-refractivity contribution in [2.75, 3.05) is 0 Å². The molecule has 0 fully saturated rings. The molecule has 5 nitrogen and oxygen atoms in total. The largest absolute Gasteiger partial charge is 0.435 e. The van der Waals surface area contributed by atoms with Gasteiger partial charge in [-0.1, -0.05) is 0 Å². The zero-order chi connectivity index (χ0) is 14.2. The van der Waals surface area contributed by atoms with Gasteiger partial charge in [-0.3, -0.25) is 4.68 Å². The van der Waals surface area contributed by atoms with Crippen LogP contribution in [0.5, 0.6) is 11.6 Å². The number of aliphatic hydroxyl groups is 1. The summed E-state index contributed by atoms with van der Waals surface area (Å²) < 4.78 is 7.66. The Balaban J connectivity index is 2.48. The molecule has 0 aromatic carbocycles. The molecule has 0 bridgehead atoms. The van der Waals surface area contributed by atoms with Crippen molar-refractivity contribution < 1.29 is 9.84 Å². The van der Waals surface area contributed by atoms with Gasteiger partial charge >= 0.3 is 0 Å². The van der Waals surface area contributed by atoms with Gasteiger partial charge in [-0.15, -0.1) is 0 Å². The first-order chi connectivity index (χ1) is 8.93. The van der Waals surface area contributed by atoms with E-state index < -0.39 is 0 Å². The summed E-state index contributed by atoms with van der Waals surface area (Å²) in [6, 6.07) is 1.93. The van der Waals surface area contributed by atoms with Gasteiger partial charge in [-0.05, 0) is 39.3 Å². The van der Waals surface area contributed by atoms with Crippen LogP contribution in [0, 0.1) is 27.7 Å². The number of nitrogens with zero attached hydrogens (tertiary/aromatic N) is 3. The van der Waals surface area contributed by atoms with Gasteiger partial charge in [0.2, 0.25) is 5.88 Å². The van der Waals surface area contributed by atoms with E-state index in [1.165, 1.54) is 0 Å². The minimum Gasteiger partial charge on any atom is -0.435 e. The highest BCUT2D eigenvalue weighted by Crippen LogP contribution is 2.30. The number of aryl methyl sites for hydroxylation is 4. The molecule has 0 atom stereocenters. The molecule has 0 unspecified atom stereocenters. The second-order valence-electron chi connectivity index (χ2n) is 4.75. The molecule has 0 amide bonds. The molecule has 0 spiro atoms. The molecule has 0 aliphatic heterocycles. The minimum atomic E-state index is -0.0905. The maximum absolute atomic E-state index is 9.47. The summed E-state index contributed by atoms with van der Waals surface area (Å²) in [5.74, 6) is 1.16. The molecule has 19 heavy (non-hydrogen) atoms. The Morgan fingerprint density at radius 2 is 1.95 bits per heavy atom. The highest BCUT2D eigenvalue weighted by Gasteiger charge is 2.16. The third-order valence-corrected chi connectivity index (χ3v) is 3.24. The van der Waals surface area contributed by atoms with E-state index in [4.69, 9.17) is 4.74 Å². The number of aromatic nitrogens is 3. The van der Waals surface area contributed by atoms with E-state index in [0.29, 0.717) is 17.2 Å². The van der Waals surface area contributed by atoms with Crippen LogP contribution in [0.1, 0.15) is 28.2 Å².